The van der Waals surface area contributed by atoms with Gasteiger partial charge < -0.3 is 15.0 Å². The molecular formula is C13H17N3O2. The SMILES string of the molecule is COC(c1noc(-c2ccc(N)cc2)n1)C(C)C. The summed E-state index contributed by atoms with van der Waals surface area (Å²) in [4.78, 5) is 4.36. The third-order valence-electron chi connectivity index (χ3n) is 2.71. The molecule has 0 aliphatic rings. The Bertz CT molecular complexity index is 505. The van der Waals surface area contributed by atoms with Gasteiger partial charge in [-0.25, -0.2) is 0 Å². The third kappa shape index (κ3) is 2.51. The molecule has 0 radical (unpaired) electrons. The van der Waals surface area contributed by atoms with E-state index in [1.165, 1.54) is 0 Å². The number of nitrogens with two attached hydrogens (primary N) is 1. The lowest BCUT2D eigenvalue weighted by Gasteiger charge is -2.14. The number of anilines is 1. The van der Waals surface area contributed by atoms with E-state index in [-0.39, 0.29) is 12.0 Å². The molecule has 1 atom stereocenters. The summed E-state index contributed by atoms with van der Waals surface area (Å²) in [6, 6.07) is 7.30. The van der Waals surface area contributed by atoms with Crippen molar-refractivity contribution in [2.75, 3.05) is 12.8 Å². The quantitative estimate of drug-likeness (QED) is 0.841. The zero-order valence-corrected chi connectivity index (χ0v) is 10.8. The van der Waals surface area contributed by atoms with Gasteiger partial charge >= 0.3 is 0 Å². The second-order valence-electron chi connectivity index (χ2n) is 4.48. The lowest BCUT2D eigenvalue weighted by atomic mass is 10.1. The summed E-state index contributed by atoms with van der Waals surface area (Å²) in [6.45, 7) is 4.10. The van der Waals surface area contributed by atoms with Gasteiger partial charge in [-0.15, -0.1) is 0 Å². The molecule has 2 rings (SSSR count). The first kappa shape index (κ1) is 12.6. The molecule has 1 aromatic heterocycles. The summed E-state index contributed by atoms with van der Waals surface area (Å²) >= 11 is 0. The van der Waals surface area contributed by atoms with Gasteiger partial charge in [0.15, 0.2) is 0 Å². The zero-order chi connectivity index (χ0) is 13.1. The number of benzene rings is 1. The van der Waals surface area contributed by atoms with Crippen molar-refractivity contribution >= 4 is 5.69 Å². The van der Waals surface area contributed by atoms with Crippen LogP contribution in [0.25, 0.3) is 11.5 Å². The van der Waals surface area contributed by atoms with Crippen molar-refractivity contribution in [1.29, 1.82) is 0 Å². The molecule has 5 nitrogen and oxygen atoms in total. The number of hydrogen-bond acceptors (Lipinski definition) is 5. The van der Waals surface area contributed by atoms with Crippen molar-refractivity contribution < 1.29 is 9.26 Å². The molecule has 0 aliphatic heterocycles. The highest BCUT2D eigenvalue weighted by molar-refractivity contribution is 5.56. The Labute approximate surface area is 106 Å². The van der Waals surface area contributed by atoms with Crippen molar-refractivity contribution in [1.82, 2.24) is 10.1 Å². The van der Waals surface area contributed by atoms with Gasteiger partial charge in [0.25, 0.3) is 5.89 Å². The van der Waals surface area contributed by atoms with Crippen LogP contribution in [-0.2, 0) is 4.74 Å². The number of nitrogens with zero attached hydrogens (tertiary/aromatic N) is 2. The number of nitrogen functional groups attached to an aromatic ring is 1. The van der Waals surface area contributed by atoms with Crippen LogP contribution >= 0.6 is 0 Å². The van der Waals surface area contributed by atoms with E-state index in [9.17, 15) is 0 Å². The van der Waals surface area contributed by atoms with E-state index in [1.807, 2.05) is 26.0 Å². The van der Waals surface area contributed by atoms with Gasteiger partial charge in [0, 0.05) is 18.4 Å². The first-order valence-electron chi connectivity index (χ1n) is 5.84. The number of ether oxygens (including phenoxy) is 1. The van der Waals surface area contributed by atoms with Crippen LogP contribution in [0, 0.1) is 5.92 Å². The summed E-state index contributed by atoms with van der Waals surface area (Å²) in [6.07, 6.45) is -0.156. The molecule has 96 valence electrons. The molecule has 0 saturated heterocycles. The van der Waals surface area contributed by atoms with Crippen molar-refractivity contribution in [3.05, 3.63) is 30.1 Å². The fourth-order valence-corrected chi connectivity index (χ4v) is 1.77. The van der Waals surface area contributed by atoms with E-state index >= 15 is 0 Å². The van der Waals surface area contributed by atoms with E-state index < -0.39 is 0 Å². The Balaban J connectivity index is 2.27. The average molecular weight is 247 g/mol. The first-order chi connectivity index (χ1) is 8.61. The summed E-state index contributed by atoms with van der Waals surface area (Å²) in [5, 5.41) is 3.97. The van der Waals surface area contributed by atoms with Crippen molar-refractivity contribution in [3.63, 3.8) is 0 Å². The molecule has 0 aliphatic carbocycles. The van der Waals surface area contributed by atoms with E-state index in [0.29, 0.717) is 17.4 Å². The van der Waals surface area contributed by atoms with E-state index in [1.54, 1.807) is 19.2 Å². The van der Waals surface area contributed by atoms with Crippen molar-refractivity contribution in [3.8, 4) is 11.5 Å². The van der Waals surface area contributed by atoms with Gasteiger partial charge in [-0.05, 0) is 30.2 Å². The smallest absolute Gasteiger partial charge is 0.258 e. The largest absolute Gasteiger partial charge is 0.399 e. The Morgan fingerprint density at radius 1 is 1.22 bits per heavy atom. The molecular weight excluding hydrogens is 230 g/mol. The third-order valence-corrected chi connectivity index (χ3v) is 2.71. The zero-order valence-electron chi connectivity index (χ0n) is 10.8. The van der Waals surface area contributed by atoms with Crippen molar-refractivity contribution in [2.24, 2.45) is 5.92 Å². The fraction of sp³-hybridized carbons (Fsp3) is 0.385. The molecule has 0 bridgehead atoms. The van der Waals surface area contributed by atoms with Crippen LogP contribution in [-0.4, -0.2) is 17.3 Å². The molecule has 1 aromatic carbocycles. The summed E-state index contributed by atoms with van der Waals surface area (Å²) < 4.78 is 10.6. The van der Waals surface area contributed by atoms with E-state index in [0.717, 1.165) is 5.56 Å². The maximum Gasteiger partial charge on any atom is 0.258 e. The van der Waals surface area contributed by atoms with Crippen LogP contribution in [0.4, 0.5) is 5.69 Å². The van der Waals surface area contributed by atoms with Crippen LogP contribution in [0.5, 0.6) is 0 Å². The maximum atomic E-state index is 5.63. The van der Waals surface area contributed by atoms with Gasteiger partial charge in [0.2, 0.25) is 5.82 Å². The summed E-state index contributed by atoms with van der Waals surface area (Å²) in [7, 11) is 1.64. The van der Waals surface area contributed by atoms with Crippen LogP contribution in [0.3, 0.4) is 0 Å². The summed E-state index contributed by atoms with van der Waals surface area (Å²) in [5.74, 6) is 1.33. The molecule has 5 heteroatoms. The van der Waals surface area contributed by atoms with Gasteiger partial charge in [0.1, 0.15) is 6.10 Å². The fourth-order valence-electron chi connectivity index (χ4n) is 1.77. The molecule has 0 spiro atoms. The predicted molar refractivity (Wildman–Crippen MR) is 68.7 cm³/mol. The topological polar surface area (TPSA) is 74.2 Å². The molecule has 1 heterocycles. The number of methoxy groups -OCH3 is 1. The normalized spacial score (nSPS) is 12.9. The van der Waals surface area contributed by atoms with Crippen LogP contribution in [0.15, 0.2) is 28.8 Å². The molecule has 0 fully saturated rings. The summed E-state index contributed by atoms with van der Waals surface area (Å²) in [5.41, 5.74) is 7.19. The molecule has 0 saturated carbocycles. The first-order valence-corrected chi connectivity index (χ1v) is 5.84. The van der Waals surface area contributed by atoms with Crippen LogP contribution in [0.1, 0.15) is 25.8 Å². The van der Waals surface area contributed by atoms with Gasteiger partial charge in [-0.1, -0.05) is 19.0 Å². The lowest BCUT2D eigenvalue weighted by molar-refractivity contribution is 0.0556. The number of aromatic nitrogens is 2. The van der Waals surface area contributed by atoms with Gasteiger partial charge in [-0.3, -0.25) is 0 Å². The second kappa shape index (κ2) is 5.18. The number of rotatable bonds is 4. The Kier molecular flexibility index (Phi) is 3.62. The molecule has 0 amide bonds. The monoisotopic (exact) mass is 247 g/mol. The second-order valence-corrected chi connectivity index (χ2v) is 4.48. The minimum Gasteiger partial charge on any atom is -0.399 e. The standard InChI is InChI=1S/C13H17N3O2/c1-8(2)11(17-3)12-15-13(18-16-12)9-4-6-10(14)7-5-9/h4-8,11H,14H2,1-3H3. The van der Waals surface area contributed by atoms with Gasteiger partial charge in [-0.2, -0.15) is 4.98 Å². The Morgan fingerprint density at radius 3 is 2.44 bits per heavy atom. The Morgan fingerprint density at radius 2 is 1.89 bits per heavy atom. The van der Waals surface area contributed by atoms with Crippen LogP contribution in [0.2, 0.25) is 0 Å². The average Bonchev–Trinajstić information content (AvgIpc) is 2.80. The van der Waals surface area contributed by atoms with E-state index in [2.05, 4.69) is 10.1 Å². The molecule has 1 unspecified atom stereocenters. The van der Waals surface area contributed by atoms with Crippen LogP contribution < -0.4 is 5.73 Å². The number of hydrogen-bond donors (Lipinski definition) is 1. The minimum atomic E-state index is -0.156. The van der Waals surface area contributed by atoms with Crippen molar-refractivity contribution in [2.45, 2.75) is 20.0 Å². The lowest BCUT2D eigenvalue weighted by Crippen LogP contribution is -2.10. The van der Waals surface area contributed by atoms with E-state index in [4.69, 9.17) is 15.0 Å². The Hall–Kier alpha value is -1.88. The minimum absolute atomic E-state index is 0.156. The highest BCUT2D eigenvalue weighted by Crippen LogP contribution is 2.25. The molecule has 2 aromatic rings. The predicted octanol–water partition coefficient (Wildman–Crippen LogP) is 2.66. The maximum absolute atomic E-state index is 5.63. The highest BCUT2D eigenvalue weighted by atomic mass is 16.5. The molecule has 2 N–H and O–H groups in total. The molecule has 18 heavy (non-hydrogen) atoms. The highest BCUT2D eigenvalue weighted by Gasteiger charge is 2.21. The van der Waals surface area contributed by atoms with Gasteiger partial charge in [0.05, 0.1) is 0 Å².